The van der Waals surface area contributed by atoms with Gasteiger partial charge < -0.3 is 0 Å². The van der Waals surface area contributed by atoms with Crippen LogP contribution in [-0.2, 0) is 20.1 Å². The van der Waals surface area contributed by atoms with Crippen LogP contribution in [0.4, 0.5) is 0 Å². The molecule has 58 heavy (non-hydrogen) atoms. The summed E-state index contributed by atoms with van der Waals surface area (Å²) in [7, 11) is 0. The van der Waals surface area contributed by atoms with Crippen LogP contribution in [0.15, 0.2) is 219 Å². The van der Waals surface area contributed by atoms with Gasteiger partial charge in [-0.15, -0.1) is 0 Å². The molecule has 9 aromatic rings. The van der Waals surface area contributed by atoms with Crippen LogP contribution in [-0.4, -0.2) is 15.0 Å². The van der Waals surface area contributed by atoms with Gasteiger partial charge in [0.2, 0.25) is 0 Å². The summed E-state index contributed by atoms with van der Waals surface area (Å²) in [6.07, 6.45) is 5.50. The van der Waals surface area contributed by atoms with Crippen LogP contribution in [0, 0.1) is 20.8 Å². The van der Waals surface area contributed by atoms with Crippen LogP contribution in [0.2, 0.25) is 0 Å². The Morgan fingerprint density at radius 3 is 0.690 bits per heavy atom. The fraction of sp³-hybridized carbons (Fsp3) is 0.0556. The number of hydrogen-bond donors (Lipinski definition) is 0. The Morgan fingerprint density at radius 1 is 0.241 bits per heavy atom. The molecule has 0 atom stereocenters. The number of pyridine rings is 3. The molecule has 0 aliphatic carbocycles. The summed E-state index contributed by atoms with van der Waals surface area (Å²) in [5.41, 5.74) is 17.7. The first-order valence-corrected chi connectivity index (χ1v) is 19.3. The molecule has 0 aliphatic rings. The molecule has 3 heterocycles. The smallest absolute Gasteiger partial charge is 0.256 e. The quantitative estimate of drug-likeness (QED) is 0.167. The second-order valence-corrected chi connectivity index (χ2v) is 13.9. The van der Waals surface area contributed by atoms with E-state index in [2.05, 4.69) is 181 Å². The normalized spacial score (nSPS) is 10.2. The van der Waals surface area contributed by atoms with Crippen molar-refractivity contribution in [2.45, 2.75) is 20.8 Å². The Morgan fingerprint density at radius 2 is 0.466 bits per heavy atom. The van der Waals surface area contributed by atoms with E-state index in [0.29, 0.717) is 0 Å². The van der Waals surface area contributed by atoms with Crippen molar-refractivity contribution in [1.29, 1.82) is 0 Å². The van der Waals surface area contributed by atoms with Crippen molar-refractivity contribution >= 4 is 0 Å². The second kappa shape index (κ2) is 20.5. The average Bonchev–Trinajstić information content (AvgIpc) is 3.29. The van der Waals surface area contributed by atoms with E-state index in [1.807, 2.05) is 73.2 Å². The molecular formula is C54H45IrN3+3. The van der Waals surface area contributed by atoms with E-state index in [9.17, 15) is 0 Å². The third kappa shape index (κ3) is 10.6. The standard InChI is InChI=1S/3C18H15N.Ir/c3*1-14-9-11-15(12-10-14)16-6-2-3-7-17(16)18-8-4-5-13-19-18;/h3*2-13H,1H3;/q;;;+3. The average molecular weight is 928 g/mol. The molecule has 0 bridgehead atoms. The van der Waals surface area contributed by atoms with E-state index in [1.165, 1.54) is 66.8 Å². The molecule has 0 amide bonds. The van der Waals surface area contributed by atoms with Gasteiger partial charge in [0.1, 0.15) is 0 Å². The minimum Gasteiger partial charge on any atom is -0.256 e. The largest absolute Gasteiger partial charge is 3.00 e. The second-order valence-electron chi connectivity index (χ2n) is 13.9. The molecule has 0 fully saturated rings. The van der Waals surface area contributed by atoms with Crippen molar-refractivity contribution in [3.8, 4) is 67.2 Å². The number of aromatic nitrogens is 3. The zero-order chi connectivity index (χ0) is 39.2. The fourth-order valence-corrected chi connectivity index (χ4v) is 6.64. The van der Waals surface area contributed by atoms with Crippen molar-refractivity contribution in [1.82, 2.24) is 15.0 Å². The van der Waals surface area contributed by atoms with Crippen molar-refractivity contribution < 1.29 is 20.1 Å². The van der Waals surface area contributed by atoms with Crippen LogP contribution in [0.1, 0.15) is 16.7 Å². The van der Waals surface area contributed by atoms with E-state index in [1.54, 1.807) is 0 Å². The first-order valence-electron chi connectivity index (χ1n) is 19.3. The zero-order valence-electron chi connectivity index (χ0n) is 33.0. The van der Waals surface area contributed by atoms with Gasteiger partial charge in [-0.2, -0.15) is 0 Å². The molecule has 6 aromatic carbocycles. The molecule has 4 heteroatoms. The summed E-state index contributed by atoms with van der Waals surface area (Å²) >= 11 is 0. The van der Waals surface area contributed by atoms with E-state index in [4.69, 9.17) is 0 Å². The molecule has 3 nitrogen and oxygen atoms in total. The van der Waals surface area contributed by atoms with Crippen LogP contribution < -0.4 is 0 Å². The van der Waals surface area contributed by atoms with Gasteiger partial charge in [-0.3, -0.25) is 15.0 Å². The van der Waals surface area contributed by atoms with Crippen molar-refractivity contribution in [3.63, 3.8) is 0 Å². The topological polar surface area (TPSA) is 38.7 Å². The number of nitrogens with zero attached hydrogens (tertiary/aromatic N) is 3. The van der Waals surface area contributed by atoms with Gasteiger partial charge in [0.15, 0.2) is 0 Å². The van der Waals surface area contributed by atoms with Crippen molar-refractivity contribution in [3.05, 3.63) is 235 Å². The Hall–Kier alpha value is -6.58. The number of rotatable bonds is 6. The SMILES string of the molecule is Cc1ccc(-c2ccccc2-c2ccccn2)cc1.Cc1ccc(-c2ccccc2-c2ccccn2)cc1.Cc1ccc(-c2ccccc2-c2ccccn2)cc1.[Ir+3]. The van der Waals surface area contributed by atoms with E-state index in [-0.39, 0.29) is 20.1 Å². The van der Waals surface area contributed by atoms with Crippen molar-refractivity contribution in [2.75, 3.05) is 0 Å². The summed E-state index contributed by atoms with van der Waals surface area (Å²) in [6.45, 7) is 6.32. The number of hydrogen-bond acceptors (Lipinski definition) is 3. The molecular weight excluding hydrogens is 883 g/mol. The van der Waals surface area contributed by atoms with Crippen LogP contribution in [0.5, 0.6) is 0 Å². The van der Waals surface area contributed by atoms with Gasteiger partial charge in [0.05, 0.1) is 17.1 Å². The first-order chi connectivity index (χ1) is 28.0. The van der Waals surface area contributed by atoms with Gasteiger partial charge in [-0.25, -0.2) is 0 Å². The summed E-state index contributed by atoms with van der Waals surface area (Å²) in [4.78, 5) is 13.4. The zero-order valence-corrected chi connectivity index (χ0v) is 35.4. The summed E-state index contributed by atoms with van der Waals surface area (Å²) in [5, 5.41) is 0. The maximum atomic E-state index is 4.45. The van der Waals surface area contributed by atoms with Gasteiger partial charge >= 0.3 is 20.1 Å². The molecule has 0 spiro atoms. The van der Waals surface area contributed by atoms with Gasteiger partial charge in [-0.05, 0) is 90.6 Å². The van der Waals surface area contributed by atoms with Gasteiger partial charge in [0, 0.05) is 35.3 Å². The Labute approximate surface area is 356 Å². The van der Waals surface area contributed by atoms with E-state index < -0.39 is 0 Å². The minimum atomic E-state index is 0. The summed E-state index contributed by atoms with van der Waals surface area (Å²) < 4.78 is 0. The van der Waals surface area contributed by atoms with E-state index in [0.717, 1.165) is 17.1 Å². The maximum Gasteiger partial charge on any atom is 3.00 e. The summed E-state index contributed by atoms with van der Waals surface area (Å²) in [6, 6.07) is 69.1. The fourth-order valence-electron chi connectivity index (χ4n) is 6.64. The predicted molar refractivity (Wildman–Crippen MR) is 240 cm³/mol. The first kappa shape index (κ1) is 41.1. The molecule has 0 radical (unpaired) electrons. The van der Waals surface area contributed by atoms with E-state index >= 15 is 0 Å². The third-order valence-corrected chi connectivity index (χ3v) is 9.69. The van der Waals surface area contributed by atoms with Crippen LogP contribution in [0.3, 0.4) is 0 Å². The molecule has 0 N–H and O–H groups in total. The third-order valence-electron chi connectivity index (χ3n) is 9.69. The molecule has 0 saturated heterocycles. The molecule has 282 valence electrons. The minimum absolute atomic E-state index is 0. The Kier molecular flexibility index (Phi) is 14.5. The monoisotopic (exact) mass is 928 g/mol. The molecule has 0 aliphatic heterocycles. The number of benzene rings is 6. The molecule has 0 saturated carbocycles. The van der Waals surface area contributed by atoms with Crippen LogP contribution in [0.25, 0.3) is 67.2 Å². The number of aryl methyl sites for hydroxylation is 3. The molecule has 9 rings (SSSR count). The Bertz CT molecular complexity index is 2310. The van der Waals surface area contributed by atoms with Crippen LogP contribution >= 0.6 is 0 Å². The van der Waals surface area contributed by atoms with Crippen molar-refractivity contribution in [2.24, 2.45) is 0 Å². The molecule has 0 unspecified atom stereocenters. The van der Waals surface area contributed by atoms with Gasteiger partial charge in [-0.1, -0.05) is 180 Å². The molecule has 3 aromatic heterocycles. The van der Waals surface area contributed by atoms with Gasteiger partial charge in [0.25, 0.3) is 0 Å². The maximum absolute atomic E-state index is 4.45. The predicted octanol–water partition coefficient (Wildman–Crippen LogP) is 14.2. The summed E-state index contributed by atoms with van der Waals surface area (Å²) in [5.74, 6) is 0. The Balaban J connectivity index is 0.000000145.